The Morgan fingerprint density at radius 2 is 2.03 bits per heavy atom. The largest absolute Gasteiger partial charge is 0.459 e. The Balaban J connectivity index is 1.41. The fourth-order valence-electron chi connectivity index (χ4n) is 3.34. The average Bonchev–Trinajstić information content (AvgIpc) is 3.52. The first kappa shape index (κ1) is 20.2. The number of rotatable bonds is 6. The van der Waals surface area contributed by atoms with Gasteiger partial charge in [0.1, 0.15) is 11.6 Å². The maximum Gasteiger partial charge on any atom is 0.232 e. The normalized spacial score (nSPS) is 14.3. The van der Waals surface area contributed by atoms with Crippen molar-refractivity contribution in [2.24, 2.45) is 0 Å². The van der Waals surface area contributed by atoms with Crippen molar-refractivity contribution in [2.45, 2.75) is 17.8 Å². The first-order chi connectivity index (χ1) is 15.2. The Labute approximate surface area is 186 Å². The molecule has 1 aromatic carbocycles. The molecular weight excluding hydrogens is 437 g/mol. The third-order valence-electron chi connectivity index (χ3n) is 4.83. The zero-order valence-corrected chi connectivity index (χ0v) is 18.5. The van der Waals surface area contributed by atoms with E-state index >= 15 is 0 Å². The molecule has 3 aromatic heterocycles. The third kappa shape index (κ3) is 4.36. The van der Waals surface area contributed by atoms with Crippen LogP contribution < -0.4 is 4.90 Å². The Morgan fingerprint density at radius 3 is 2.81 bits per heavy atom. The number of morpholine rings is 1. The van der Waals surface area contributed by atoms with E-state index in [4.69, 9.17) is 9.15 Å². The summed E-state index contributed by atoms with van der Waals surface area (Å²) >= 11 is 3.07. The molecule has 0 amide bonds. The highest BCUT2D eigenvalue weighted by Crippen LogP contribution is 2.31. The zero-order valence-electron chi connectivity index (χ0n) is 16.8. The smallest absolute Gasteiger partial charge is 0.232 e. The Hall–Kier alpha value is -2.69. The number of anilines is 1. The highest BCUT2D eigenvalue weighted by Gasteiger charge is 2.22. The summed E-state index contributed by atoms with van der Waals surface area (Å²) in [7, 11) is 0. The van der Waals surface area contributed by atoms with Gasteiger partial charge in [-0.25, -0.2) is 9.37 Å². The van der Waals surface area contributed by atoms with Crippen LogP contribution in [0.25, 0.3) is 16.5 Å². The number of hydrogen-bond acceptors (Lipinski definition) is 8. The number of aromatic nitrogens is 4. The van der Waals surface area contributed by atoms with Crippen molar-refractivity contribution < 1.29 is 13.5 Å². The predicted octanol–water partition coefficient (Wildman–Crippen LogP) is 4.56. The van der Waals surface area contributed by atoms with Crippen LogP contribution >= 0.6 is 23.1 Å². The molecule has 1 aliphatic heterocycles. The first-order valence-electron chi connectivity index (χ1n) is 9.85. The van der Waals surface area contributed by atoms with E-state index in [9.17, 15) is 4.39 Å². The fraction of sp³-hybridized carbons (Fsp3) is 0.286. The number of furan rings is 1. The van der Waals surface area contributed by atoms with Gasteiger partial charge in [0.05, 0.1) is 24.6 Å². The summed E-state index contributed by atoms with van der Waals surface area (Å²) < 4.78 is 27.0. The molecule has 7 nitrogen and oxygen atoms in total. The number of halogens is 1. The van der Waals surface area contributed by atoms with Gasteiger partial charge in [0.25, 0.3) is 0 Å². The summed E-state index contributed by atoms with van der Waals surface area (Å²) in [5, 5.41) is 12.4. The Kier molecular flexibility index (Phi) is 5.75. The quantitative estimate of drug-likeness (QED) is 0.393. The van der Waals surface area contributed by atoms with Crippen LogP contribution in [0.5, 0.6) is 0 Å². The van der Waals surface area contributed by atoms with Gasteiger partial charge in [0.15, 0.2) is 15.9 Å². The molecular formula is C21H20FN5O2S2. The Morgan fingerprint density at radius 1 is 1.16 bits per heavy atom. The minimum absolute atomic E-state index is 0.298. The molecule has 0 N–H and O–H groups in total. The van der Waals surface area contributed by atoms with Crippen LogP contribution in [0.3, 0.4) is 0 Å². The van der Waals surface area contributed by atoms with E-state index in [0.717, 1.165) is 35.3 Å². The van der Waals surface area contributed by atoms with Gasteiger partial charge >= 0.3 is 0 Å². The van der Waals surface area contributed by atoms with E-state index in [1.807, 2.05) is 35.1 Å². The lowest BCUT2D eigenvalue weighted by Gasteiger charge is -2.27. The molecule has 4 aromatic rings. The molecule has 0 unspecified atom stereocenters. The highest BCUT2D eigenvalue weighted by molar-refractivity contribution is 7.98. The molecule has 0 aliphatic carbocycles. The minimum atomic E-state index is -0.298. The van der Waals surface area contributed by atoms with E-state index in [1.54, 1.807) is 17.4 Å². The first-order valence-corrected chi connectivity index (χ1v) is 11.7. The van der Waals surface area contributed by atoms with Crippen molar-refractivity contribution in [1.82, 2.24) is 19.7 Å². The van der Waals surface area contributed by atoms with Gasteiger partial charge in [-0.1, -0.05) is 17.8 Å². The highest BCUT2D eigenvalue weighted by atomic mass is 32.2. The zero-order chi connectivity index (χ0) is 21.2. The van der Waals surface area contributed by atoms with Crippen LogP contribution in [0.1, 0.15) is 11.5 Å². The molecule has 31 heavy (non-hydrogen) atoms. The van der Waals surface area contributed by atoms with Gasteiger partial charge in [-0.3, -0.25) is 4.57 Å². The molecule has 1 saturated heterocycles. The van der Waals surface area contributed by atoms with Gasteiger partial charge in [-0.05, 0) is 37.3 Å². The van der Waals surface area contributed by atoms with Crippen molar-refractivity contribution in [3.05, 3.63) is 59.0 Å². The summed E-state index contributed by atoms with van der Waals surface area (Å²) in [4.78, 5) is 6.80. The summed E-state index contributed by atoms with van der Waals surface area (Å²) in [5.41, 5.74) is 1.62. The molecule has 160 valence electrons. The summed E-state index contributed by atoms with van der Waals surface area (Å²) in [6, 6.07) is 10.3. The molecule has 1 aliphatic rings. The number of thioether (sulfide) groups is 1. The molecule has 5 rings (SSSR count). The summed E-state index contributed by atoms with van der Waals surface area (Å²) in [6.07, 6.45) is 0. The average molecular weight is 458 g/mol. The van der Waals surface area contributed by atoms with E-state index in [1.165, 1.54) is 23.9 Å². The molecule has 10 heteroatoms. The third-order valence-corrected chi connectivity index (χ3v) is 6.70. The van der Waals surface area contributed by atoms with Crippen molar-refractivity contribution in [1.29, 1.82) is 0 Å². The van der Waals surface area contributed by atoms with E-state index in [2.05, 4.69) is 20.1 Å². The van der Waals surface area contributed by atoms with Gasteiger partial charge in [-0.2, -0.15) is 0 Å². The summed E-state index contributed by atoms with van der Waals surface area (Å²) in [6.45, 7) is 4.62. The topological polar surface area (TPSA) is 69.2 Å². The van der Waals surface area contributed by atoms with E-state index in [0.29, 0.717) is 35.8 Å². The number of hydrogen-bond donors (Lipinski definition) is 0. The Bertz CT molecular complexity index is 1180. The molecule has 0 bridgehead atoms. The lowest BCUT2D eigenvalue weighted by atomic mass is 10.3. The number of benzene rings is 1. The summed E-state index contributed by atoms with van der Waals surface area (Å²) in [5.74, 6) is 2.65. The van der Waals surface area contributed by atoms with Crippen LogP contribution in [-0.2, 0) is 10.5 Å². The molecule has 0 saturated carbocycles. The van der Waals surface area contributed by atoms with Gasteiger partial charge in [0.2, 0.25) is 5.95 Å². The second kappa shape index (κ2) is 8.81. The van der Waals surface area contributed by atoms with Gasteiger partial charge < -0.3 is 14.1 Å². The predicted molar refractivity (Wildman–Crippen MR) is 118 cm³/mol. The molecule has 1 fully saturated rings. The van der Waals surface area contributed by atoms with Gasteiger partial charge in [-0.15, -0.1) is 21.5 Å². The van der Waals surface area contributed by atoms with Crippen LogP contribution in [0.2, 0.25) is 0 Å². The maximum atomic E-state index is 14.0. The van der Waals surface area contributed by atoms with E-state index < -0.39 is 0 Å². The minimum Gasteiger partial charge on any atom is -0.459 e. The molecule has 0 spiro atoms. The van der Waals surface area contributed by atoms with Crippen LogP contribution in [0.15, 0.2) is 51.4 Å². The van der Waals surface area contributed by atoms with Crippen molar-refractivity contribution in [3.63, 3.8) is 0 Å². The number of nitrogens with zero attached hydrogens (tertiary/aromatic N) is 5. The second-order valence-electron chi connectivity index (χ2n) is 7.04. The van der Waals surface area contributed by atoms with Crippen molar-refractivity contribution >= 4 is 29.0 Å². The fourth-order valence-corrected chi connectivity index (χ4v) is 5.06. The number of ether oxygens (including phenoxy) is 1. The second-order valence-corrected chi connectivity index (χ2v) is 8.84. The van der Waals surface area contributed by atoms with Crippen LogP contribution in [0.4, 0.5) is 10.3 Å². The van der Waals surface area contributed by atoms with Crippen LogP contribution in [0, 0.1) is 12.7 Å². The molecule has 0 radical (unpaired) electrons. The maximum absolute atomic E-state index is 14.0. The number of aryl methyl sites for hydroxylation is 1. The lowest BCUT2D eigenvalue weighted by Crippen LogP contribution is -2.37. The van der Waals surface area contributed by atoms with Crippen molar-refractivity contribution in [2.75, 3.05) is 31.2 Å². The van der Waals surface area contributed by atoms with Gasteiger partial charge in [0, 0.05) is 24.2 Å². The number of thiazole rings is 1. The molecule has 4 heterocycles. The lowest BCUT2D eigenvalue weighted by molar-refractivity contribution is 0.122. The standard InChI is InChI=1S/C21H20FN5O2S2/c1-14-5-6-18(29-14)19-23-16(12-30-19)13-31-21-25-24-20(26-7-9-28-10-8-26)27(21)17-4-2-3-15(22)11-17/h2-6,11-12H,7-10,13H2,1H3. The molecule has 0 atom stereocenters. The monoisotopic (exact) mass is 457 g/mol. The van der Waals surface area contributed by atoms with Crippen molar-refractivity contribution in [3.8, 4) is 16.5 Å². The van der Waals surface area contributed by atoms with E-state index in [-0.39, 0.29) is 5.82 Å². The van der Waals surface area contributed by atoms with Crippen LogP contribution in [-0.4, -0.2) is 46.1 Å². The SMILES string of the molecule is Cc1ccc(-c2nc(CSc3nnc(N4CCOCC4)n3-c3cccc(F)c3)cs2)o1.